The number of aromatic carboxylic acids is 1. The molecule has 3 heterocycles. The van der Waals surface area contributed by atoms with E-state index in [9.17, 15) is 23.1 Å². The molecule has 0 unspecified atom stereocenters. The van der Waals surface area contributed by atoms with Crippen molar-refractivity contribution >= 4 is 5.97 Å². The van der Waals surface area contributed by atoms with E-state index in [1.165, 1.54) is 15.8 Å². The van der Waals surface area contributed by atoms with Crippen molar-refractivity contribution in [1.82, 2.24) is 19.7 Å². The van der Waals surface area contributed by atoms with Crippen LogP contribution in [0.15, 0.2) is 24.4 Å². The van der Waals surface area contributed by atoms with Crippen molar-refractivity contribution < 1.29 is 23.1 Å². The highest BCUT2D eigenvalue weighted by Crippen LogP contribution is 2.30. The number of rotatable bonds is 3. The van der Waals surface area contributed by atoms with Gasteiger partial charge in [0.2, 0.25) is 0 Å². The molecule has 1 aliphatic heterocycles. The zero-order chi connectivity index (χ0) is 16.6. The van der Waals surface area contributed by atoms with Gasteiger partial charge >= 0.3 is 12.1 Å². The fraction of sp³-hybridized carbons (Fsp3) is 0.357. The van der Waals surface area contributed by atoms with Gasteiger partial charge in [0.1, 0.15) is 0 Å². The van der Waals surface area contributed by atoms with E-state index in [-0.39, 0.29) is 30.9 Å². The number of pyridine rings is 1. The highest BCUT2D eigenvalue weighted by atomic mass is 19.4. The van der Waals surface area contributed by atoms with Crippen molar-refractivity contribution in [1.29, 1.82) is 0 Å². The molecule has 1 N–H and O–H groups in total. The minimum absolute atomic E-state index is 0.0221. The summed E-state index contributed by atoms with van der Waals surface area (Å²) in [5, 5.41) is 13.4. The lowest BCUT2D eigenvalue weighted by atomic mass is 10.1. The average Bonchev–Trinajstić information content (AvgIpc) is 2.85. The molecule has 9 heteroatoms. The fourth-order valence-corrected chi connectivity index (χ4v) is 2.69. The smallest absolute Gasteiger partial charge is 0.401 e. The van der Waals surface area contributed by atoms with Gasteiger partial charge in [-0.25, -0.2) is 4.79 Å². The van der Waals surface area contributed by atoms with Gasteiger partial charge in [-0.3, -0.25) is 14.6 Å². The number of fused-ring (bicyclic) bond motifs is 1. The molecule has 0 spiro atoms. The molecule has 0 aliphatic carbocycles. The summed E-state index contributed by atoms with van der Waals surface area (Å²) in [6.45, 7) is -0.693. The summed E-state index contributed by atoms with van der Waals surface area (Å²) in [5.74, 6) is -1.23. The van der Waals surface area contributed by atoms with E-state index in [2.05, 4.69) is 10.1 Å². The van der Waals surface area contributed by atoms with E-state index < -0.39 is 18.7 Å². The lowest BCUT2D eigenvalue weighted by Gasteiger charge is -2.28. The van der Waals surface area contributed by atoms with Crippen molar-refractivity contribution in [2.45, 2.75) is 19.3 Å². The monoisotopic (exact) mass is 326 g/mol. The molecule has 0 aromatic carbocycles. The van der Waals surface area contributed by atoms with Crippen LogP contribution in [0, 0.1) is 0 Å². The Balaban J connectivity index is 2.03. The van der Waals surface area contributed by atoms with Crippen LogP contribution in [0.1, 0.15) is 16.2 Å². The normalized spacial score (nSPS) is 15.4. The first kappa shape index (κ1) is 15.5. The van der Waals surface area contributed by atoms with E-state index in [0.717, 1.165) is 0 Å². The highest BCUT2D eigenvalue weighted by molar-refractivity contribution is 5.94. The van der Waals surface area contributed by atoms with E-state index in [1.807, 2.05) is 0 Å². The summed E-state index contributed by atoms with van der Waals surface area (Å²) in [6, 6.07) is 4.98. The summed E-state index contributed by atoms with van der Waals surface area (Å²) < 4.78 is 39.3. The topological polar surface area (TPSA) is 71.2 Å². The third-order valence-electron chi connectivity index (χ3n) is 3.59. The number of alkyl halides is 3. The molecular weight excluding hydrogens is 313 g/mol. The van der Waals surface area contributed by atoms with E-state index in [1.54, 1.807) is 18.2 Å². The Bertz CT molecular complexity index is 728. The second kappa shape index (κ2) is 5.65. The summed E-state index contributed by atoms with van der Waals surface area (Å²) >= 11 is 0. The van der Waals surface area contributed by atoms with E-state index in [0.29, 0.717) is 11.4 Å². The average molecular weight is 326 g/mol. The molecule has 0 fully saturated rings. The molecule has 0 saturated heterocycles. The Morgan fingerprint density at radius 1 is 1.30 bits per heavy atom. The minimum atomic E-state index is -4.30. The van der Waals surface area contributed by atoms with Gasteiger partial charge in [0.25, 0.3) is 0 Å². The molecule has 0 saturated carbocycles. The zero-order valence-electron chi connectivity index (χ0n) is 11.9. The predicted molar refractivity (Wildman–Crippen MR) is 73.7 cm³/mol. The Morgan fingerprint density at radius 2 is 2.09 bits per heavy atom. The molecule has 6 nitrogen and oxygen atoms in total. The van der Waals surface area contributed by atoms with Crippen LogP contribution in [0.3, 0.4) is 0 Å². The van der Waals surface area contributed by atoms with Crippen LogP contribution in [-0.2, 0) is 13.1 Å². The number of halogens is 3. The van der Waals surface area contributed by atoms with Crippen LogP contribution >= 0.6 is 0 Å². The summed E-state index contributed by atoms with van der Waals surface area (Å²) in [6.07, 6.45) is -2.80. The standard InChI is InChI=1S/C14H13F3N4O2/c15-14(16,17)8-20-5-6-21-10(7-20)11(12(19-21)13(22)23)9-3-1-2-4-18-9/h1-4H,5-8H2,(H,22,23). The zero-order valence-corrected chi connectivity index (χ0v) is 11.9. The number of carboxylic acids is 1. The van der Waals surface area contributed by atoms with Gasteiger partial charge in [-0.15, -0.1) is 0 Å². The Labute approximate surface area is 129 Å². The second-order valence-electron chi connectivity index (χ2n) is 5.24. The van der Waals surface area contributed by atoms with Crippen LogP contribution < -0.4 is 0 Å². The second-order valence-corrected chi connectivity index (χ2v) is 5.24. The largest absolute Gasteiger partial charge is 0.476 e. The predicted octanol–water partition coefficient (Wildman–Crippen LogP) is 2.02. The van der Waals surface area contributed by atoms with Crippen LogP contribution in [0.25, 0.3) is 11.3 Å². The SMILES string of the molecule is O=C(O)c1nn2c(c1-c1ccccn1)CN(CC(F)(F)F)CC2. The molecule has 23 heavy (non-hydrogen) atoms. The number of aromatic nitrogens is 3. The molecule has 0 bridgehead atoms. The van der Waals surface area contributed by atoms with Crippen LogP contribution in [0.2, 0.25) is 0 Å². The van der Waals surface area contributed by atoms with Crippen molar-refractivity contribution in [3.05, 3.63) is 35.8 Å². The maximum absolute atomic E-state index is 12.6. The van der Waals surface area contributed by atoms with Gasteiger partial charge in [0.15, 0.2) is 5.69 Å². The molecule has 0 amide bonds. The van der Waals surface area contributed by atoms with Gasteiger partial charge in [-0.05, 0) is 12.1 Å². The third kappa shape index (κ3) is 3.19. The summed E-state index contributed by atoms with van der Waals surface area (Å²) in [7, 11) is 0. The van der Waals surface area contributed by atoms with Gasteiger partial charge in [0.05, 0.1) is 30.0 Å². The number of carboxylic acid groups (broad SMARTS) is 1. The Morgan fingerprint density at radius 3 is 2.70 bits per heavy atom. The van der Waals surface area contributed by atoms with Crippen LogP contribution in [-0.4, -0.2) is 50.0 Å². The first-order chi connectivity index (χ1) is 10.8. The highest BCUT2D eigenvalue weighted by Gasteiger charge is 2.34. The Kier molecular flexibility index (Phi) is 3.80. The lowest BCUT2D eigenvalue weighted by molar-refractivity contribution is -0.148. The van der Waals surface area contributed by atoms with Gasteiger partial charge in [-0.2, -0.15) is 18.3 Å². The van der Waals surface area contributed by atoms with Crippen LogP contribution in [0.5, 0.6) is 0 Å². The lowest BCUT2D eigenvalue weighted by Crippen LogP contribution is -2.40. The Hall–Kier alpha value is -2.42. The molecule has 2 aromatic heterocycles. The molecule has 2 aromatic rings. The van der Waals surface area contributed by atoms with Gasteiger partial charge in [-0.1, -0.05) is 6.07 Å². The molecule has 0 radical (unpaired) electrons. The maximum Gasteiger partial charge on any atom is 0.401 e. The number of hydrogen-bond acceptors (Lipinski definition) is 4. The fourth-order valence-electron chi connectivity index (χ4n) is 2.69. The van der Waals surface area contributed by atoms with Crippen LogP contribution in [0.4, 0.5) is 13.2 Å². The maximum atomic E-state index is 12.6. The minimum Gasteiger partial charge on any atom is -0.476 e. The molecule has 3 rings (SSSR count). The van der Waals surface area contributed by atoms with Crippen molar-refractivity contribution in [3.63, 3.8) is 0 Å². The molecular formula is C14H13F3N4O2. The molecule has 122 valence electrons. The van der Waals surface area contributed by atoms with E-state index in [4.69, 9.17) is 0 Å². The first-order valence-corrected chi connectivity index (χ1v) is 6.88. The molecule has 0 atom stereocenters. The summed E-state index contributed by atoms with van der Waals surface area (Å²) in [5.41, 5.74) is 0.925. The third-order valence-corrected chi connectivity index (χ3v) is 3.59. The number of hydrogen-bond donors (Lipinski definition) is 1. The van der Waals surface area contributed by atoms with Gasteiger partial charge in [0, 0.05) is 19.3 Å². The van der Waals surface area contributed by atoms with Gasteiger partial charge < -0.3 is 5.11 Å². The number of nitrogens with zero attached hydrogens (tertiary/aromatic N) is 4. The van der Waals surface area contributed by atoms with E-state index >= 15 is 0 Å². The molecule has 1 aliphatic rings. The van der Waals surface area contributed by atoms with Crippen molar-refractivity contribution in [3.8, 4) is 11.3 Å². The first-order valence-electron chi connectivity index (χ1n) is 6.88. The van der Waals surface area contributed by atoms with Crippen molar-refractivity contribution in [2.24, 2.45) is 0 Å². The van der Waals surface area contributed by atoms with Crippen molar-refractivity contribution in [2.75, 3.05) is 13.1 Å². The summed E-state index contributed by atoms with van der Waals surface area (Å²) in [4.78, 5) is 16.8. The quantitative estimate of drug-likeness (QED) is 0.934. The number of carbonyl (C=O) groups is 1.